The van der Waals surface area contributed by atoms with Gasteiger partial charge in [-0.15, -0.1) is 0 Å². The fourth-order valence-corrected chi connectivity index (χ4v) is 1.25. The van der Waals surface area contributed by atoms with Crippen LogP contribution in [0.15, 0.2) is 0 Å². The molecule has 0 radical (unpaired) electrons. The average Bonchev–Trinajstić information content (AvgIpc) is 2.12. The summed E-state index contributed by atoms with van der Waals surface area (Å²) in [5, 5.41) is 0. The summed E-state index contributed by atoms with van der Waals surface area (Å²) in [7, 11) is 0. The van der Waals surface area contributed by atoms with Crippen molar-refractivity contribution >= 4 is 0 Å². The zero-order valence-corrected chi connectivity index (χ0v) is 8.57. The van der Waals surface area contributed by atoms with Crippen molar-refractivity contribution in [2.45, 2.75) is 42.6 Å². The molecule has 19 heavy (non-hydrogen) atoms. The third-order valence-electron chi connectivity index (χ3n) is 2.39. The van der Waals surface area contributed by atoms with Crippen molar-refractivity contribution < 1.29 is 53.0 Å². The van der Waals surface area contributed by atoms with Gasteiger partial charge in [-0.2, -0.15) is 39.5 Å². The highest BCUT2D eigenvalue weighted by atomic mass is 19.4. The van der Waals surface area contributed by atoms with Crippen molar-refractivity contribution in [3.63, 3.8) is 0 Å². The Bertz CT molecular complexity index is 383. The molecule has 0 N–H and O–H groups in total. The number of alkyl halides is 11. The molecule has 0 aromatic rings. The molecule has 114 valence electrons. The van der Waals surface area contributed by atoms with Crippen LogP contribution in [0.2, 0.25) is 0 Å². The summed E-state index contributed by atoms with van der Waals surface area (Å²) in [6, 6.07) is 0. The van der Waals surface area contributed by atoms with E-state index in [1.54, 1.807) is 0 Å². The zero-order chi connectivity index (χ0) is 15.7. The maximum atomic E-state index is 13.2. The van der Waals surface area contributed by atoms with Crippen molar-refractivity contribution in [2.24, 2.45) is 0 Å². The SMILES string of the molecule is CC(F)(F)C1(F)OC(F)(F)C(F)(F)C(F)(F)C1(F)F. The van der Waals surface area contributed by atoms with E-state index in [0.29, 0.717) is 0 Å². The van der Waals surface area contributed by atoms with Crippen molar-refractivity contribution in [3.8, 4) is 0 Å². The van der Waals surface area contributed by atoms with E-state index in [1.165, 1.54) is 0 Å². The van der Waals surface area contributed by atoms with Gasteiger partial charge in [-0.25, -0.2) is 8.78 Å². The van der Waals surface area contributed by atoms with E-state index in [9.17, 15) is 48.3 Å². The van der Waals surface area contributed by atoms with Gasteiger partial charge in [0.05, 0.1) is 0 Å². The number of rotatable bonds is 1. The molecule has 1 nitrogen and oxygen atoms in total. The van der Waals surface area contributed by atoms with Crippen LogP contribution < -0.4 is 0 Å². The van der Waals surface area contributed by atoms with Gasteiger partial charge < -0.3 is 0 Å². The Hall–Kier alpha value is -0.810. The largest absolute Gasteiger partial charge is 0.428 e. The van der Waals surface area contributed by atoms with Crippen LogP contribution in [0.3, 0.4) is 0 Å². The molecular weight excluding hydrogens is 309 g/mol. The molecule has 1 heterocycles. The predicted molar refractivity (Wildman–Crippen MR) is 35.3 cm³/mol. The molecule has 1 fully saturated rings. The Kier molecular flexibility index (Phi) is 2.94. The smallest absolute Gasteiger partial charge is 0.267 e. The van der Waals surface area contributed by atoms with Crippen molar-refractivity contribution in [2.75, 3.05) is 0 Å². The molecule has 0 spiro atoms. The van der Waals surface area contributed by atoms with Gasteiger partial charge in [0.2, 0.25) is 0 Å². The van der Waals surface area contributed by atoms with Crippen molar-refractivity contribution in [1.82, 2.24) is 0 Å². The highest BCUT2D eigenvalue weighted by molar-refractivity contribution is 5.14. The van der Waals surface area contributed by atoms with Crippen LogP contribution in [0.4, 0.5) is 48.3 Å². The lowest BCUT2D eigenvalue weighted by Crippen LogP contribution is -2.79. The summed E-state index contributed by atoms with van der Waals surface area (Å²) in [4.78, 5) is 0. The summed E-state index contributed by atoms with van der Waals surface area (Å²) in [5.41, 5.74) is 0. The van der Waals surface area contributed by atoms with E-state index in [2.05, 4.69) is 4.74 Å². The molecule has 0 aromatic heterocycles. The molecule has 0 saturated carbocycles. The predicted octanol–water partition coefficient (Wildman–Crippen LogP) is 3.84. The summed E-state index contributed by atoms with van der Waals surface area (Å²) >= 11 is 0. The maximum absolute atomic E-state index is 13.2. The molecule has 1 atom stereocenters. The molecule has 12 heteroatoms. The third kappa shape index (κ3) is 1.57. The lowest BCUT2D eigenvalue weighted by atomic mass is 9.90. The van der Waals surface area contributed by atoms with Crippen molar-refractivity contribution in [1.29, 1.82) is 0 Å². The van der Waals surface area contributed by atoms with E-state index < -0.39 is 42.6 Å². The number of hydrogen-bond acceptors (Lipinski definition) is 1. The van der Waals surface area contributed by atoms with Crippen LogP contribution >= 0.6 is 0 Å². The summed E-state index contributed by atoms with van der Waals surface area (Å²) in [5.74, 6) is -32.8. The first-order chi connectivity index (χ1) is 7.96. The first kappa shape index (κ1) is 16.2. The van der Waals surface area contributed by atoms with E-state index in [-0.39, 0.29) is 0 Å². The van der Waals surface area contributed by atoms with Gasteiger partial charge in [0.15, 0.2) is 0 Å². The lowest BCUT2D eigenvalue weighted by molar-refractivity contribution is -0.556. The number of halogens is 11. The topological polar surface area (TPSA) is 9.23 Å². The zero-order valence-electron chi connectivity index (χ0n) is 8.57. The Labute approximate surface area is 96.9 Å². The summed E-state index contributed by atoms with van der Waals surface area (Å²) in [6.07, 6.45) is -6.56. The Balaban J connectivity index is 3.60. The Morgan fingerprint density at radius 1 is 0.684 bits per heavy atom. The van der Waals surface area contributed by atoms with Crippen LogP contribution in [-0.2, 0) is 4.74 Å². The minimum Gasteiger partial charge on any atom is -0.267 e. The van der Waals surface area contributed by atoms with Gasteiger partial charge in [-0.3, -0.25) is 4.74 Å². The molecule has 0 amide bonds. The third-order valence-corrected chi connectivity index (χ3v) is 2.39. The fraction of sp³-hybridized carbons (Fsp3) is 1.00. The van der Waals surface area contributed by atoms with Crippen LogP contribution in [0, 0.1) is 0 Å². The summed E-state index contributed by atoms with van der Waals surface area (Å²) < 4.78 is 141. The van der Waals surface area contributed by atoms with Gasteiger partial charge in [-0.05, 0) is 0 Å². The van der Waals surface area contributed by atoms with E-state index >= 15 is 0 Å². The Morgan fingerprint density at radius 3 is 1.37 bits per heavy atom. The van der Waals surface area contributed by atoms with Gasteiger partial charge in [0.1, 0.15) is 0 Å². The van der Waals surface area contributed by atoms with Crippen LogP contribution in [0.1, 0.15) is 6.92 Å². The number of ether oxygens (including phenoxy) is 1. The van der Waals surface area contributed by atoms with Crippen LogP contribution in [0.25, 0.3) is 0 Å². The van der Waals surface area contributed by atoms with E-state index in [0.717, 1.165) is 0 Å². The van der Waals surface area contributed by atoms with Crippen molar-refractivity contribution in [3.05, 3.63) is 0 Å². The van der Waals surface area contributed by atoms with E-state index in [4.69, 9.17) is 0 Å². The highest BCUT2D eigenvalue weighted by Crippen LogP contribution is 2.65. The quantitative estimate of drug-likeness (QED) is 0.669. The molecule has 1 aliphatic rings. The molecule has 0 aliphatic carbocycles. The minimum absolute atomic E-state index is 0.795. The van der Waals surface area contributed by atoms with Crippen LogP contribution in [-0.4, -0.2) is 35.7 Å². The average molecular weight is 312 g/mol. The summed E-state index contributed by atoms with van der Waals surface area (Å²) in [6.45, 7) is -0.795. The van der Waals surface area contributed by atoms with E-state index in [1.807, 2.05) is 0 Å². The fourth-order valence-electron chi connectivity index (χ4n) is 1.25. The standard InChI is InChI=1S/C7H3F11O/c1-2(8,9)6(16)4(12,13)3(10,11)5(14,15)7(17,18)19-6/h1H3. The van der Waals surface area contributed by atoms with Gasteiger partial charge >= 0.3 is 35.7 Å². The molecule has 1 saturated heterocycles. The second-order valence-electron chi connectivity index (χ2n) is 3.83. The molecular formula is C7H3F11O. The second kappa shape index (κ2) is 3.44. The highest BCUT2D eigenvalue weighted by Gasteiger charge is 2.95. The van der Waals surface area contributed by atoms with Gasteiger partial charge in [-0.1, -0.05) is 0 Å². The molecule has 1 rings (SSSR count). The lowest BCUT2D eigenvalue weighted by Gasteiger charge is -2.49. The maximum Gasteiger partial charge on any atom is 0.428 e. The van der Waals surface area contributed by atoms with Gasteiger partial charge in [0.25, 0.3) is 0 Å². The molecule has 1 unspecified atom stereocenters. The molecule has 0 bridgehead atoms. The molecule has 1 aliphatic heterocycles. The monoisotopic (exact) mass is 312 g/mol. The number of hydrogen-bond donors (Lipinski definition) is 0. The molecule has 0 aromatic carbocycles. The second-order valence-corrected chi connectivity index (χ2v) is 3.83. The normalized spacial score (nSPS) is 36.0. The van der Waals surface area contributed by atoms with Gasteiger partial charge in [0, 0.05) is 6.92 Å². The first-order valence-electron chi connectivity index (χ1n) is 4.24. The minimum atomic E-state index is -7.10. The van der Waals surface area contributed by atoms with Crippen LogP contribution in [0.5, 0.6) is 0 Å². The first-order valence-corrected chi connectivity index (χ1v) is 4.24. The Morgan fingerprint density at radius 2 is 1.05 bits per heavy atom.